The third-order valence-electron chi connectivity index (χ3n) is 3.06. The van der Waals surface area contributed by atoms with Crippen LogP contribution in [0.1, 0.15) is 23.0 Å². The van der Waals surface area contributed by atoms with Crippen LogP contribution in [0.5, 0.6) is 0 Å². The maximum atomic E-state index is 13.8. The van der Waals surface area contributed by atoms with Gasteiger partial charge in [-0.2, -0.15) is 0 Å². The molecule has 3 rings (SSSR count). The van der Waals surface area contributed by atoms with Gasteiger partial charge in [-0.3, -0.25) is 0 Å². The summed E-state index contributed by atoms with van der Waals surface area (Å²) in [4.78, 5) is 5.42. The van der Waals surface area contributed by atoms with Crippen LogP contribution in [0.25, 0.3) is 11.0 Å². The number of halogens is 3. The molecule has 0 aliphatic carbocycles. The fourth-order valence-corrected chi connectivity index (χ4v) is 3.44. The Hall–Kier alpha value is -1.10. The Bertz CT molecular complexity index is 764. The molecular formula is C14H11Cl2FN2S. The summed E-state index contributed by atoms with van der Waals surface area (Å²) in [6.07, 6.45) is 0. The Labute approximate surface area is 129 Å². The third-order valence-corrected chi connectivity index (χ3v) is 4.47. The molecule has 20 heavy (non-hydrogen) atoms. The summed E-state index contributed by atoms with van der Waals surface area (Å²) in [7, 11) is 0. The van der Waals surface area contributed by atoms with E-state index in [2.05, 4.69) is 4.98 Å². The summed E-state index contributed by atoms with van der Waals surface area (Å²) >= 11 is 13.6. The van der Waals surface area contributed by atoms with Crippen LogP contribution < -0.4 is 0 Å². The Balaban J connectivity index is 2.16. The second kappa shape index (κ2) is 5.35. The van der Waals surface area contributed by atoms with E-state index < -0.39 is 0 Å². The first-order valence-corrected chi connectivity index (χ1v) is 7.72. The number of thiophene rings is 1. The molecule has 1 unspecified atom stereocenters. The molecule has 2 heterocycles. The van der Waals surface area contributed by atoms with Gasteiger partial charge >= 0.3 is 0 Å². The number of fused-ring (bicyclic) bond motifs is 1. The van der Waals surface area contributed by atoms with Gasteiger partial charge in [-0.1, -0.05) is 17.7 Å². The van der Waals surface area contributed by atoms with Gasteiger partial charge < -0.3 is 4.57 Å². The summed E-state index contributed by atoms with van der Waals surface area (Å²) in [6, 6.07) is 8.75. The predicted octanol–water partition coefficient (Wildman–Crippen LogP) is 5.24. The van der Waals surface area contributed by atoms with Crippen LogP contribution in [0.2, 0.25) is 4.34 Å². The Morgan fingerprint density at radius 2 is 2.15 bits per heavy atom. The van der Waals surface area contributed by atoms with E-state index in [4.69, 9.17) is 23.2 Å². The fourth-order valence-electron chi connectivity index (χ4n) is 2.19. The molecule has 3 aromatic rings. The van der Waals surface area contributed by atoms with Crippen molar-refractivity contribution in [3.05, 3.63) is 51.2 Å². The average Bonchev–Trinajstić information content (AvgIpc) is 2.96. The van der Waals surface area contributed by atoms with Crippen molar-refractivity contribution in [2.24, 2.45) is 0 Å². The highest BCUT2D eigenvalue weighted by Crippen LogP contribution is 2.29. The van der Waals surface area contributed by atoms with Crippen molar-refractivity contribution in [1.82, 2.24) is 9.55 Å². The van der Waals surface area contributed by atoms with Crippen molar-refractivity contribution >= 4 is 45.6 Å². The van der Waals surface area contributed by atoms with E-state index in [1.807, 2.05) is 29.7 Å². The molecule has 6 heteroatoms. The minimum atomic E-state index is -0.330. The zero-order valence-electron chi connectivity index (χ0n) is 10.6. The van der Waals surface area contributed by atoms with E-state index in [0.717, 1.165) is 14.7 Å². The first kappa shape index (κ1) is 13.9. The van der Waals surface area contributed by atoms with E-state index in [1.165, 1.54) is 17.4 Å². The van der Waals surface area contributed by atoms with Crippen molar-refractivity contribution in [3.8, 4) is 0 Å². The highest BCUT2D eigenvalue weighted by Gasteiger charge is 2.17. The lowest BCUT2D eigenvalue weighted by molar-refractivity contribution is 0.637. The molecule has 0 fully saturated rings. The SMILES string of the molecule is CC(Cl)c1nc2c(F)cccc2n1Cc1ccc(Cl)s1. The second-order valence-electron chi connectivity index (χ2n) is 4.49. The minimum Gasteiger partial charge on any atom is -0.321 e. The second-order valence-corrected chi connectivity index (χ2v) is 6.94. The smallest absolute Gasteiger partial charge is 0.151 e. The topological polar surface area (TPSA) is 17.8 Å². The van der Waals surface area contributed by atoms with E-state index in [-0.39, 0.29) is 11.2 Å². The van der Waals surface area contributed by atoms with Crippen LogP contribution in [-0.2, 0) is 6.54 Å². The molecule has 0 saturated carbocycles. The lowest BCUT2D eigenvalue weighted by atomic mass is 10.3. The number of hydrogen-bond acceptors (Lipinski definition) is 2. The summed E-state index contributed by atoms with van der Waals surface area (Å²) < 4.78 is 16.5. The average molecular weight is 329 g/mol. The summed E-state index contributed by atoms with van der Waals surface area (Å²) in [6.45, 7) is 2.42. The fraction of sp³-hybridized carbons (Fsp3) is 0.214. The lowest BCUT2D eigenvalue weighted by Gasteiger charge is -2.09. The zero-order valence-corrected chi connectivity index (χ0v) is 12.9. The Morgan fingerprint density at radius 3 is 2.80 bits per heavy atom. The molecule has 1 aromatic carbocycles. The highest BCUT2D eigenvalue weighted by atomic mass is 35.5. The quantitative estimate of drug-likeness (QED) is 0.601. The van der Waals surface area contributed by atoms with Gasteiger partial charge in [-0.25, -0.2) is 9.37 Å². The molecule has 0 amide bonds. The monoisotopic (exact) mass is 328 g/mol. The van der Waals surface area contributed by atoms with Crippen molar-refractivity contribution < 1.29 is 4.39 Å². The number of rotatable bonds is 3. The number of nitrogens with zero attached hydrogens (tertiary/aromatic N) is 2. The number of imidazole rings is 1. The largest absolute Gasteiger partial charge is 0.321 e. The molecule has 0 bridgehead atoms. The summed E-state index contributed by atoms with van der Waals surface area (Å²) in [5, 5.41) is -0.294. The van der Waals surface area contributed by atoms with Crippen LogP contribution in [0, 0.1) is 5.82 Å². The summed E-state index contributed by atoms with van der Waals surface area (Å²) in [5.74, 6) is 0.334. The maximum absolute atomic E-state index is 13.8. The normalized spacial score (nSPS) is 13.0. The molecule has 2 nitrogen and oxygen atoms in total. The van der Waals surface area contributed by atoms with Crippen molar-refractivity contribution in [2.45, 2.75) is 18.8 Å². The van der Waals surface area contributed by atoms with Crippen LogP contribution in [0.3, 0.4) is 0 Å². The van der Waals surface area contributed by atoms with Gasteiger partial charge in [0.1, 0.15) is 11.3 Å². The highest BCUT2D eigenvalue weighted by molar-refractivity contribution is 7.16. The molecule has 0 radical (unpaired) electrons. The molecule has 0 N–H and O–H groups in total. The number of aromatic nitrogens is 2. The molecule has 104 valence electrons. The van der Waals surface area contributed by atoms with E-state index in [9.17, 15) is 4.39 Å². The van der Waals surface area contributed by atoms with E-state index >= 15 is 0 Å². The molecule has 0 spiro atoms. The molecule has 0 saturated heterocycles. The first-order valence-electron chi connectivity index (χ1n) is 6.09. The van der Waals surface area contributed by atoms with Gasteiger partial charge in [0.25, 0.3) is 0 Å². The zero-order chi connectivity index (χ0) is 14.3. The molecule has 2 aromatic heterocycles. The molecule has 1 atom stereocenters. The van der Waals surface area contributed by atoms with Gasteiger partial charge in [0.15, 0.2) is 5.82 Å². The lowest BCUT2D eigenvalue weighted by Crippen LogP contribution is -2.04. The van der Waals surface area contributed by atoms with Crippen LogP contribution >= 0.6 is 34.5 Å². The minimum absolute atomic E-state index is 0.294. The van der Waals surface area contributed by atoms with Crippen LogP contribution in [0.4, 0.5) is 4.39 Å². The Morgan fingerprint density at radius 1 is 1.35 bits per heavy atom. The van der Waals surface area contributed by atoms with Gasteiger partial charge in [-0.15, -0.1) is 22.9 Å². The number of benzene rings is 1. The van der Waals surface area contributed by atoms with Crippen molar-refractivity contribution in [3.63, 3.8) is 0 Å². The number of alkyl halides is 1. The van der Waals surface area contributed by atoms with Crippen LogP contribution in [-0.4, -0.2) is 9.55 Å². The van der Waals surface area contributed by atoms with Crippen LogP contribution in [0.15, 0.2) is 30.3 Å². The van der Waals surface area contributed by atoms with Gasteiger partial charge in [0.2, 0.25) is 0 Å². The first-order chi connectivity index (χ1) is 9.56. The number of para-hydroxylation sites is 1. The Kier molecular flexibility index (Phi) is 3.71. The maximum Gasteiger partial charge on any atom is 0.151 e. The van der Waals surface area contributed by atoms with Gasteiger partial charge in [0.05, 0.1) is 21.8 Å². The van der Waals surface area contributed by atoms with Crippen molar-refractivity contribution in [2.75, 3.05) is 0 Å². The third kappa shape index (κ3) is 2.43. The molecular weight excluding hydrogens is 318 g/mol. The van der Waals surface area contributed by atoms with E-state index in [1.54, 1.807) is 6.07 Å². The predicted molar refractivity (Wildman–Crippen MR) is 82.4 cm³/mol. The standard InChI is InChI=1S/C14H11Cl2FN2S/c1-8(15)14-18-13-10(17)3-2-4-11(13)19(14)7-9-5-6-12(16)20-9/h2-6,8H,7H2,1H3. The molecule has 0 aliphatic rings. The van der Waals surface area contributed by atoms with Gasteiger partial charge in [-0.05, 0) is 31.2 Å². The summed E-state index contributed by atoms with van der Waals surface area (Å²) in [5.41, 5.74) is 1.11. The molecule has 0 aliphatic heterocycles. The van der Waals surface area contributed by atoms with Crippen molar-refractivity contribution in [1.29, 1.82) is 0 Å². The van der Waals surface area contributed by atoms with E-state index in [0.29, 0.717) is 17.9 Å². The number of hydrogen-bond donors (Lipinski definition) is 0. The van der Waals surface area contributed by atoms with Gasteiger partial charge in [0, 0.05) is 4.88 Å².